The van der Waals surface area contributed by atoms with Gasteiger partial charge in [0.15, 0.2) is 0 Å². The fourth-order valence-electron chi connectivity index (χ4n) is 8.44. The van der Waals surface area contributed by atoms with Gasteiger partial charge in [-0.3, -0.25) is 0 Å². The van der Waals surface area contributed by atoms with Gasteiger partial charge in [0.2, 0.25) is 0 Å². The topological polar surface area (TPSA) is 0 Å². The minimum atomic E-state index is 0.170. The Labute approximate surface area is 281 Å². The Morgan fingerprint density at radius 1 is 0.375 bits per heavy atom. The van der Waals surface area contributed by atoms with Gasteiger partial charge in [0.25, 0.3) is 0 Å². The quantitative estimate of drug-likeness (QED) is 0.186. The van der Waals surface area contributed by atoms with Gasteiger partial charge in [0, 0.05) is 5.92 Å². The first-order valence-corrected chi connectivity index (χ1v) is 16.9. The normalized spacial score (nSPS) is 14.0. The summed E-state index contributed by atoms with van der Waals surface area (Å²) in [6.45, 7) is 0. The van der Waals surface area contributed by atoms with Gasteiger partial charge < -0.3 is 0 Å². The summed E-state index contributed by atoms with van der Waals surface area (Å²) in [5.74, 6) is 0.170. The Bertz CT molecular complexity index is 2440. The van der Waals surface area contributed by atoms with Crippen LogP contribution in [-0.2, 0) is 6.42 Å². The second-order valence-electron chi connectivity index (χ2n) is 13.2. The van der Waals surface area contributed by atoms with E-state index in [-0.39, 0.29) is 5.92 Å². The van der Waals surface area contributed by atoms with E-state index < -0.39 is 0 Å². The highest BCUT2D eigenvalue weighted by Crippen LogP contribution is 2.57. The molecule has 1 atom stereocenters. The zero-order chi connectivity index (χ0) is 31.6. The maximum atomic E-state index is 2.37. The Kier molecular flexibility index (Phi) is 6.11. The largest absolute Gasteiger partial charge is 0.0622 e. The first-order valence-electron chi connectivity index (χ1n) is 16.9. The molecule has 0 saturated heterocycles. The standard InChI is InChI=1S/C48H32/c1-3-13-31(14-4-1)36-27-37(32-15-5-2-6-16-32)29-38(28-36)33-23-25-34(26-24-33)45-42-21-11-12-22-43(42)48-46-39-18-8-7-17-35(39)30-44(46)40-19-9-10-20-41(40)47(45)48/h1-29,45H,30H2. The third-order valence-electron chi connectivity index (χ3n) is 10.6. The SMILES string of the molecule is c1ccc(-c2cc(-c3ccccc3)cc(-c3ccc(C4c5ccccc5-c5c6c(c7ccccc7c54)Cc4ccccc4-6)cc3)c2)cc1. The lowest BCUT2D eigenvalue weighted by molar-refractivity contribution is 1.03. The molecule has 2 aliphatic rings. The van der Waals surface area contributed by atoms with Crippen molar-refractivity contribution in [2.75, 3.05) is 0 Å². The van der Waals surface area contributed by atoms with Crippen LogP contribution >= 0.6 is 0 Å². The first kappa shape index (κ1) is 27.2. The third-order valence-corrected chi connectivity index (χ3v) is 10.6. The van der Waals surface area contributed by atoms with E-state index in [9.17, 15) is 0 Å². The van der Waals surface area contributed by atoms with Gasteiger partial charge in [-0.05, 0) is 119 Å². The summed E-state index contributed by atoms with van der Waals surface area (Å²) in [5, 5.41) is 2.77. The molecule has 48 heavy (non-hydrogen) atoms. The molecule has 0 aromatic heterocycles. The number of hydrogen-bond acceptors (Lipinski definition) is 0. The van der Waals surface area contributed by atoms with Crippen molar-refractivity contribution in [3.63, 3.8) is 0 Å². The van der Waals surface area contributed by atoms with Crippen LogP contribution in [0, 0.1) is 0 Å². The summed E-state index contributed by atoms with van der Waals surface area (Å²) in [6, 6.07) is 65.1. The van der Waals surface area contributed by atoms with Crippen LogP contribution in [0.3, 0.4) is 0 Å². The van der Waals surface area contributed by atoms with E-state index in [1.807, 2.05) is 0 Å². The summed E-state index contributed by atoms with van der Waals surface area (Å²) < 4.78 is 0. The lowest BCUT2D eigenvalue weighted by atomic mass is 9.83. The van der Waals surface area contributed by atoms with Crippen LogP contribution in [0.25, 0.3) is 66.4 Å². The average Bonchev–Trinajstić information content (AvgIpc) is 3.72. The second-order valence-corrected chi connectivity index (χ2v) is 13.2. The van der Waals surface area contributed by atoms with E-state index in [1.54, 1.807) is 0 Å². The molecule has 0 aliphatic heterocycles. The monoisotopic (exact) mass is 608 g/mol. The van der Waals surface area contributed by atoms with E-state index in [4.69, 9.17) is 0 Å². The summed E-state index contributed by atoms with van der Waals surface area (Å²) in [6.07, 6.45) is 0.994. The summed E-state index contributed by atoms with van der Waals surface area (Å²) in [5.41, 5.74) is 20.1. The van der Waals surface area contributed by atoms with Crippen molar-refractivity contribution >= 4 is 10.8 Å². The van der Waals surface area contributed by atoms with Crippen molar-refractivity contribution in [2.24, 2.45) is 0 Å². The molecule has 0 radical (unpaired) electrons. The lowest BCUT2D eigenvalue weighted by Crippen LogP contribution is -2.01. The van der Waals surface area contributed by atoms with Crippen LogP contribution in [0.1, 0.15) is 33.7 Å². The number of hydrogen-bond donors (Lipinski definition) is 0. The Hall–Kier alpha value is -5.98. The summed E-state index contributed by atoms with van der Waals surface area (Å²) in [7, 11) is 0. The van der Waals surface area contributed by atoms with Gasteiger partial charge in [-0.2, -0.15) is 0 Å². The minimum absolute atomic E-state index is 0.170. The molecule has 0 bridgehead atoms. The van der Waals surface area contributed by atoms with Gasteiger partial charge in [-0.1, -0.05) is 158 Å². The maximum absolute atomic E-state index is 2.37. The van der Waals surface area contributed by atoms with Crippen molar-refractivity contribution in [3.05, 3.63) is 204 Å². The van der Waals surface area contributed by atoms with E-state index in [0.717, 1.165) is 6.42 Å². The molecule has 0 heterocycles. The minimum Gasteiger partial charge on any atom is -0.0622 e. The highest BCUT2D eigenvalue weighted by atomic mass is 14.4. The molecule has 0 nitrogen and oxygen atoms in total. The second kappa shape index (κ2) is 10.8. The molecule has 224 valence electrons. The molecule has 0 amide bonds. The molecular formula is C48H32. The van der Waals surface area contributed by atoms with E-state index in [2.05, 4.69) is 176 Å². The van der Waals surface area contributed by atoms with Crippen molar-refractivity contribution in [3.8, 4) is 55.6 Å². The van der Waals surface area contributed by atoms with Crippen LogP contribution in [0.2, 0.25) is 0 Å². The molecule has 0 spiro atoms. The van der Waals surface area contributed by atoms with E-state index >= 15 is 0 Å². The maximum Gasteiger partial charge on any atom is 0.0358 e. The molecule has 10 rings (SSSR count). The van der Waals surface area contributed by atoms with Gasteiger partial charge in [-0.25, -0.2) is 0 Å². The smallest absolute Gasteiger partial charge is 0.0358 e. The number of benzene rings is 8. The Morgan fingerprint density at radius 3 is 1.56 bits per heavy atom. The van der Waals surface area contributed by atoms with Gasteiger partial charge in [-0.15, -0.1) is 0 Å². The van der Waals surface area contributed by atoms with E-state index in [0.29, 0.717) is 0 Å². The molecule has 0 fully saturated rings. The van der Waals surface area contributed by atoms with Gasteiger partial charge in [0.1, 0.15) is 0 Å². The summed E-state index contributed by atoms with van der Waals surface area (Å²) in [4.78, 5) is 0. The number of fused-ring (bicyclic) bond motifs is 10. The zero-order valence-electron chi connectivity index (χ0n) is 26.5. The van der Waals surface area contributed by atoms with Gasteiger partial charge >= 0.3 is 0 Å². The molecule has 0 heteroatoms. The predicted octanol–water partition coefficient (Wildman–Crippen LogP) is 12.6. The van der Waals surface area contributed by atoms with Crippen LogP contribution in [0.15, 0.2) is 176 Å². The molecule has 0 saturated carbocycles. The number of rotatable bonds is 4. The molecule has 0 N–H and O–H groups in total. The lowest BCUT2D eigenvalue weighted by Gasteiger charge is -2.20. The van der Waals surface area contributed by atoms with Crippen LogP contribution in [0.5, 0.6) is 0 Å². The first-order chi connectivity index (χ1) is 23.8. The van der Waals surface area contributed by atoms with Crippen LogP contribution in [-0.4, -0.2) is 0 Å². The van der Waals surface area contributed by atoms with E-state index in [1.165, 1.54) is 94.2 Å². The predicted molar refractivity (Wildman–Crippen MR) is 201 cm³/mol. The molecule has 2 aliphatic carbocycles. The molecular weight excluding hydrogens is 577 g/mol. The van der Waals surface area contributed by atoms with Crippen molar-refractivity contribution in [2.45, 2.75) is 12.3 Å². The zero-order valence-corrected chi connectivity index (χ0v) is 26.5. The van der Waals surface area contributed by atoms with Crippen LogP contribution in [0.4, 0.5) is 0 Å². The summed E-state index contributed by atoms with van der Waals surface area (Å²) >= 11 is 0. The fourth-order valence-corrected chi connectivity index (χ4v) is 8.44. The van der Waals surface area contributed by atoms with Crippen molar-refractivity contribution in [1.29, 1.82) is 0 Å². The van der Waals surface area contributed by atoms with Crippen molar-refractivity contribution in [1.82, 2.24) is 0 Å². The fraction of sp³-hybridized carbons (Fsp3) is 0.0417. The Morgan fingerprint density at radius 2 is 0.896 bits per heavy atom. The highest BCUT2D eigenvalue weighted by Gasteiger charge is 2.37. The van der Waals surface area contributed by atoms with Gasteiger partial charge in [0.05, 0.1) is 0 Å². The molecule has 8 aromatic carbocycles. The average molecular weight is 609 g/mol. The third kappa shape index (κ3) is 4.16. The Balaban J connectivity index is 1.15. The van der Waals surface area contributed by atoms with Crippen molar-refractivity contribution < 1.29 is 0 Å². The highest BCUT2D eigenvalue weighted by molar-refractivity contribution is 6.09. The molecule has 8 aromatic rings. The van der Waals surface area contributed by atoms with Crippen LogP contribution < -0.4 is 0 Å². The molecule has 1 unspecified atom stereocenters.